The Bertz CT molecular complexity index is 310. The molecule has 2 rings (SSSR count). The van der Waals surface area contributed by atoms with E-state index in [0.717, 1.165) is 23.0 Å². The van der Waals surface area contributed by atoms with E-state index < -0.39 is 0 Å². The van der Waals surface area contributed by atoms with E-state index in [9.17, 15) is 0 Å². The number of rotatable bonds is 6. The van der Waals surface area contributed by atoms with Crippen molar-refractivity contribution in [3.63, 3.8) is 0 Å². The van der Waals surface area contributed by atoms with E-state index in [1.54, 1.807) is 11.8 Å². The third-order valence-electron chi connectivity index (χ3n) is 2.44. The van der Waals surface area contributed by atoms with Gasteiger partial charge in [0.2, 0.25) is 0 Å². The number of aliphatic hydroxyl groups is 1. The maximum atomic E-state index is 8.97. The van der Waals surface area contributed by atoms with Crippen LogP contribution in [0.25, 0.3) is 0 Å². The van der Waals surface area contributed by atoms with Crippen molar-refractivity contribution in [2.24, 2.45) is 5.92 Å². The summed E-state index contributed by atoms with van der Waals surface area (Å²) in [7, 11) is 0. The van der Waals surface area contributed by atoms with Crippen molar-refractivity contribution < 1.29 is 9.84 Å². The first-order chi connectivity index (χ1) is 7.38. The first-order valence-electron chi connectivity index (χ1n) is 5.29. The molecule has 1 saturated carbocycles. The van der Waals surface area contributed by atoms with E-state index in [2.05, 4.69) is 0 Å². The maximum absolute atomic E-state index is 8.97. The monoisotopic (exact) mass is 224 g/mol. The van der Waals surface area contributed by atoms with Gasteiger partial charge in [-0.2, -0.15) is 0 Å². The summed E-state index contributed by atoms with van der Waals surface area (Å²) in [6, 6.07) is 7.94. The summed E-state index contributed by atoms with van der Waals surface area (Å²) in [5.74, 6) is 1.54. The molecule has 1 fully saturated rings. The van der Waals surface area contributed by atoms with Gasteiger partial charge in [-0.25, -0.2) is 0 Å². The molecule has 1 aromatic rings. The quantitative estimate of drug-likeness (QED) is 0.457. The van der Waals surface area contributed by atoms with Crippen LogP contribution in [-0.2, 0) is 11.3 Å². The molecule has 0 spiro atoms. The van der Waals surface area contributed by atoms with Crippen molar-refractivity contribution in [3.05, 3.63) is 29.8 Å². The second-order valence-electron chi connectivity index (χ2n) is 3.88. The molecule has 0 amide bonds. The predicted molar refractivity (Wildman–Crippen MR) is 61.8 cm³/mol. The highest BCUT2D eigenvalue weighted by molar-refractivity contribution is 7.99. The first kappa shape index (κ1) is 11.0. The largest absolute Gasteiger partial charge is 0.392 e. The Hall–Kier alpha value is -0.510. The van der Waals surface area contributed by atoms with E-state index in [0.29, 0.717) is 5.94 Å². The lowest BCUT2D eigenvalue weighted by molar-refractivity contribution is 0.171. The lowest BCUT2D eigenvalue weighted by Gasteiger charge is -2.04. The van der Waals surface area contributed by atoms with Crippen LogP contribution < -0.4 is 0 Å². The van der Waals surface area contributed by atoms with Crippen LogP contribution in [0.1, 0.15) is 18.4 Å². The van der Waals surface area contributed by atoms with Gasteiger partial charge in [0.05, 0.1) is 19.2 Å². The lowest BCUT2D eigenvalue weighted by atomic mass is 10.2. The molecule has 0 atom stereocenters. The zero-order chi connectivity index (χ0) is 10.5. The summed E-state index contributed by atoms with van der Waals surface area (Å²) in [5.41, 5.74) is 0.960. The molecule has 0 bridgehead atoms. The molecule has 0 saturated heterocycles. The Morgan fingerprint density at radius 2 is 2.27 bits per heavy atom. The Balaban J connectivity index is 1.71. The van der Waals surface area contributed by atoms with E-state index in [4.69, 9.17) is 9.84 Å². The van der Waals surface area contributed by atoms with Crippen LogP contribution in [0.15, 0.2) is 29.2 Å². The fourth-order valence-corrected chi connectivity index (χ4v) is 2.07. The fourth-order valence-electron chi connectivity index (χ4n) is 1.34. The highest BCUT2D eigenvalue weighted by Crippen LogP contribution is 2.29. The van der Waals surface area contributed by atoms with Crippen molar-refractivity contribution in [2.45, 2.75) is 24.3 Å². The van der Waals surface area contributed by atoms with Crippen LogP contribution in [-0.4, -0.2) is 17.7 Å². The molecule has 1 aromatic carbocycles. The van der Waals surface area contributed by atoms with Crippen molar-refractivity contribution in [2.75, 3.05) is 12.5 Å². The molecule has 0 aromatic heterocycles. The minimum absolute atomic E-state index is 0.108. The van der Waals surface area contributed by atoms with Gasteiger partial charge >= 0.3 is 0 Å². The third kappa shape index (κ3) is 3.86. The summed E-state index contributed by atoms with van der Waals surface area (Å²) in [6.07, 6.45) is 2.68. The van der Waals surface area contributed by atoms with Crippen LogP contribution >= 0.6 is 11.8 Å². The van der Waals surface area contributed by atoms with E-state index in [-0.39, 0.29) is 6.61 Å². The second kappa shape index (κ2) is 5.54. The molecule has 0 aliphatic heterocycles. The molecule has 3 heteroatoms. The van der Waals surface area contributed by atoms with E-state index in [1.807, 2.05) is 24.3 Å². The van der Waals surface area contributed by atoms with Crippen LogP contribution in [0.4, 0.5) is 0 Å². The molecule has 1 aliphatic rings. The summed E-state index contributed by atoms with van der Waals surface area (Å²) in [5, 5.41) is 8.97. The summed E-state index contributed by atoms with van der Waals surface area (Å²) < 4.78 is 5.54. The molecule has 0 unspecified atom stereocenters. The van der Waals surface area contributed by atoms with Gasteiger partial charge in [0, 0.05) is 4.90 Å². The van der Waals surface area contributed by atoms with Crippen molar-refractivity contribution in [1.29, 1.82) is 0 Å². The van der Waals surface area contributed by atoms with Gasteiger partial charge in [-0.1, -0.05) is 23.9 Å². The minimum Gasteiger partial charge on any atom is -0.392 e. The molecule has 0 radical (unpaired) electrons. The molecule has 0 heterocycles. The summed E-state index contributed by atoms with van der Waals surface area (Å²) >= 11 is 1.69. The van der Waals surface area contributed by atoms with E-state index >= 15 is 0 Å². The lowest BCUT2D eigenvalue weighted by Crippen LogP contribution is -1.95. The molecule has 1 N–H and O–H groups in total. The molecule has 15 heavy (non-hydrogen) atoms. The molecular formula is C12H16O2S. The average Bonchev–Trinajstić information content (AvgIpc) is 3.09. The van der Waals surface area contributed by atoms with Gasteiger partial charge in [-0.05, 0) is 36.5 Å². The first-order valence-corrected chi connectivity index (χ1v) is 6.27. The van der Waals surface area contributed by atoms with Crippen LogP contribution in [0.2, 0.25) is 0 Å². The van der Waals surface area contributed by atoms with Gasteiger partial charge in [-0.3, -0.25) is 0 Å². The SMILES string of the molecule is OCc1cccc(SCOCC2CC2)c1. The summed E-state index contributed by atoms with van der Waals surface area (Å²) in [6.45, 7) is 1.02. The highest BCUT2D eigenvalue weighted by atomic mass is 32.2. The molecule has 2 nitrogen and oxygen atoms in total. The van der Waals surface area contributed by atoms with Crippen molar-refractivity contribution >= 4 is 11.8 Å². The van der Waals surface area contributed by atoms with Gasteiger partial charge in [-0.15, -0.1) is 0 Å². The van der Waals surface area contributed by atoms with Crippen LogP contribution in [0, 0.1) is 5.92 Å². The number of hydrogen-bond acceptors (Lipinski definition) is 3. The van der Waals surface area contributed by atoms with Crippen LogP contribution in [0.5, 0.6) is 0 Å². The predicted octanol–water partition coefficient (Wildman–Crippen LogP) is 2.66. The fraction of sp³-hybridized carbons (Fsp3) is 0.500. The third-order valence-corrected chi connectivity index (χ3v) is 3.31. The minimum atomic E-state index is 0.108. The van der Waals surface area contributed by atoms with E-state index in [1.165, 1.54) is 12.8 Å². The number of hydrogen-bond donors (Lipinski definition) is 1. The Morgan fingerprint density at radius 1 is 1.40 bits per heavy atom. The van der Waals surface area contributed by atoms with Gasteiger partial charge < -0.3 is 9.84 Å². The molecular weight excluding hydrogens is 208 g/mol. The topological polar surface area (TPSA) is 29.5 Å². The van der Waals surface area contributed by atoms with Crippen molar-refractivity contribution in [1.82, 2.24) is 0 Å². The van der Waals surface area contributed by atoms with Gasteiger partial charge in [0.25, 0.3) is 0 Å². The highest BCUT2D eigenvalue weighted by Gasteiger charge is 2.20. The van der Waals surface area contributed by atoms with Gasteiger partial charge in [0.1, 0.15) is 0 Å². The maximum Gasteiger partial charge on any atom is 0.0967 e. The number of ether oxygens (including phenoxy) is 1. The Kier molecular flexibility index (Phi) is 4.06. The number of benzene rings is 1. The van der Waals surface area contributed by atoms with Crippen molar-refractivity contribution in [3.8, 4) is 0 Å². The molecule has 1 aliphatic carbocycles. The number of thioether (sulfide) groups is 1. The zero-order valence-corrected chi connectivity index (χ0v) is 9.50. The summed E-state index contributed by atoms with van der Waals surface area (Å²) in [4.78, 5) is 1.16. The standard InChI is InChI=1S/C12H16O2S/c13-7-11-2-1-3-12(6-11)15-9-14-8-10-4-5-10/h1-3,6,10,13H,4-5,7-9H2. The average molecular weight is 224 g/mol. The normalized spacial score (nSPS) is 15.5. The Labute approximate surface area is 94.6 Å². The smallest absolute Gasteiger partial charge is 0.0967 e. The number of aliphatic hydroxyl groups excluding tert-OH is 1. The zero-order valence-electron chi connectivity index (χ0n) is 8.69. The molecule has 82 valence electrons. The van der Waals surface area contributed by atoms with Crippen LogP contribution in [0.3, 0.4) is 0 Å². The second-order valence-corrected chi connectivity index (χ2v) is 4.88. The van der Waals surface area contributed by atoms with Gasteiger partial charge in [0.15, 0.2) is 0 Å². The Morgan fingerprint density at radius 3 is 3.00 bits per heavy atom.